The third-order valence-corrected chi connectivity index (χ3v) is 7.68. The van der Waals surface area contributed by atoms with E-state index in [0.717, 1.165) is 41.7 Å². The highest BCUT2D eigenvalue weighted by atomic mass is 32.1. The predicted molar refractivity (Wildman–Crippen MR) is 122 cm³/mol. The van der Waals surface area contributed by atoms with E-state index in [2.05, 4.69) is 10.3 Å². The fourth-order valence-electron chi connectivity index (χ4n) is 4.39. The minimum Gasteiger partial charge on any atom is -0.345 e. The summed E-state index contributed by atoms with van der Waals surface area (Å²) in [6.45, 7) is -0.107. The number of hydrogen-bond acceptors (Lipinski definition) is 5. The lowest BCUT2D eigenvalue weighted by molar-refractivity contribution is -0.123. The predicted octanol–water partition coefficient (Wildman–Crippen LogP) is 4.91. The molecule has 5 rings (SSSR count). The molecule has 0 radical (unpaired) electrons. The average molecular weight is 454 g/mol. The molecule has 0 spiro atoms. The van der Waals surface area contributed by atoms with Gasteiger partial charge in [-0.3, -0.25) is 14.2 Å². The molecule has 1 aliphatic rings. The summed E-state index contributed by atoms with van der Waals surface area (Å²) in [5, 5.41) is 7.61. The SMILES string of the molecule is O=C(Cn1cnc2scc(-c3cccs3)c2c1=O)NC1(c2ccc(F)cc2)CCCC1. The molecular formula is C23H20FN3O2S2. The van der Waals surface area contributed by atoms with Crippen molar-refractivity contribution in [3.8, 4) is 10.4 Å². The number of halogens is 1. The van der Waals surface area contributed by atoms with Gasteiger partial charge in [-0.25, -0.2) is 9.37 Å². The van der Waals surface area contributed by atoms with Gasteiger partial charge in [0, 0.05) is 15.8 Å². The first-order valence-electron chi connectivity index (χ1n) is 10.1. The van der Waals surface area contributed by atoms with E-state index in [0.29, 0.717) is 10.2 Å². The van der Waals surface area contributed by atoms with Crippen LogP contribution in [0, 0.1) is 5.82 Å². The minimum absolute atomic E-state index is 0.107. The fraction of sp³-hybridized carbons (Fsp3) is 0.261. The molecule has 3 heterocycles. The van der Waals surface area contributed by atoms with Crippen molar-refractivity contribution in [2.24, 2.45) is 0 Å². The molecule has 3 aromatic heterocycles. The van der Waals surface area contributed by atoms with Crippen LogP contribution in [0.2, 0.25) is 0 Å². The summed E-state index contributed by atoms with van der Waals surface area (Å²) in [4.78, 5) is 32.2. The second kappa shape index (κ2) is 8.01. The summed E-state index contributed by atoms with van der Waals surface area (Å²) in [6.07, 6.45) is 5.01. The second-order valence-corrected chi connectivity index (χ2v) is 9.63. The number of carbonyl (C=O) groups excluding carboxylic acids is 1. The standard InChI is InChI=1S/C23H20FN3O2S2/c24-16-7-5-15(6-8-16)23(9-1-2-10-23)26-19(28)12-27-14-25-21-20(22(27)29)17(13-31-21)18-4-3-11-30-18/h3-8,11,13-14H,1-2,9-10,12H2,(H,26,28). The van der Waals surface area contributed by atoms with Crippen LogP contribution in [0.3, 0.4) is 0 Å². The monoisotopic (exact) mass is 453 g/mol. The van der Waals surface area contributed by atoms with Crippen LogP contribution in [0.25, 0.3) is 20.7 Å². The molecule has 158 valence electrons. The van der Waals surface area contributed by atoms with E-state index in [-0.39, 0.29) is 23.8 Å². The second-order valence-electron chi connectivity index (χ2n) is 7.83. The van der Waals surface area contributed by atoms with Crippen LogP contribution in [-0.4, -0.2) is 15.5 Å². The Morgan fingerprint density at radius 1 is 1.16 bits per heavy atom. The molecule has 4 aromatic rings. The van der Waals surface area contributed by atoms with Crippen LogP contribution in [0.15, 0.2) is 58.3 Å². The molecule has 1 N–H and O–H groups in total. The van der Waals surface area contributed by atoms with Gasteiger partial charge in [-0.15, -0.1) is 22.7 Å². The van der Waals surface area contributed by atoms with E-state index in [1.165, 1.54) is 34.4 Å². The van der Waals surface area contributed by atoms with Gasteiger partial charge in [-0.2, -0.15) is 0 Å². The summed E-state index contributed by atoms with van der Waals surface area (Å²) < 4.78 is 14.8. The number of nitrogens with zero attached hydrogens (tertiary/aromatic N) is 2. The lowest BCUT2D eigenvalue weighted by Crippen LogP contribution is -2.46. The van der Waals surface area contributed by atoms with Gasteiger partial charge in [0.05, 0.1) is 17.3 Å². The topological polar surface area (TPSA) is 64.0 Å². The number of carbonyl (C=O) groups is 1. The Labute approximate surface area is 186 Å². The van der Waals surface area contributed by atoms with Gasteiger partial charge in [0.1, 0.15) is 17.2 Å². The Morgan fingerprint density at radius 3 is 2.65 bits per heavy atom. The molecule has 1 aromatic carbocycles. The summed E-state index contributed by atoms with van der Waals surface area (Å²) in [7, 11) is 0. The van der Waals surface area contributed by atoms with Crippen LogP contribution < -0.4 is 10.9 Å². The summed E-state index contributed by atoms with van der Waals surface area (Å²) in [5.74, 6) is -0.547. The first kappa shape index (κ1) is 20.1. The number of fused-ring (bicyclic) bond motifs is 1. The molecule has 0 aliphatic heterocycles. The average Bonchev–Trinajstić information content (AvgIpc) is 3.51. The molecule has 1 amide bonds. The van der Waals surface area contributed by atoms with Gasteiger partial charge in [0.25, 0.3) is 5.56 Å². The zero-order valence-corrected chi connectivity index (χ0v) is 18.3. The van der Waals surface area contributed by atoms with Gasteiger partial charge in [-0.05, 0) is 42.0 Å². The largest absolute Gasteiger partial charge is 0.345 e. The van der Waals surface area contributed by atoms with Gasteiger partial charge in [-0.1, -0.05) is 31.0 Å². The molecule has 1 fully saturated rings. The highest BCUT2D eigenvalue weighted by molar-refractivity contribution is 7.18. The van der Waals surface area contributed by atoms with Crippen molar-refractivity contribution in [2.45, 2.75) is 37.8 Å². The Kier molecular flexibility index (Phi) is 5.19. The number of rotatable bonds is 5. The molecule has 0 saturated heterocycles. The van der Waals surface area contributed by atoms with E-state index in [1.54, 1.807) is 23.5 Å². The van der Waals surface area contributed by atoms with E-state index >= 15 is 0 Å². The molecule has 0 unspecified atom stereocenters. The molecule has 0 bridgehead atoms. The van der Waals surface area contributed by atoms with Gasteiger partial charge in [0.2, 0.25) is 5.91 Å². The zero-order chi connectivity index (χ0) is 21.4. The quantitative estimate of drug-likeness (QED) is 0.467. The minimum atomic E-state index is -0.517. The van der Waals surface area contributed by atoms with Crippen molar-refractivity contribution in [3.63, 3.8) is 0 Å². The first-order valence-corrected chi connectivity index (χ1v) is 11.9. The van der Waals surface area contributed by atoms with Gasteiger partial charge >= 0.3 is 0 Å². The number of hydrogen-bond donors (Lipinski definition) is 1. The Bertz CT molecular complexity index is 1290. The fourth-order valence-corrected chi connectivity index (χ4v) is 6.11. The lowest BCUT2D eigenvalue weighted by atomic mass is 9.88. The van der Waals surface area contributed by atoms with Gasteiger partial charge < -0.3 is 5.32 Å². The van der Waals surface area contributed by atoms with E-state index in [1.807, 2.05) is 22.9 Å². The van der Waals surface area contributed by atoms with Crippen LogP contribution in [-0.2, 0) is 16.9 Å². The number of thiophene rings is 2. The zero-order valence-electron chi connectivity index (χ0n) is 16.6. The maximum Gasteiger partial charge on any atom is 0.263 e. The maximum absolute atomic E-state index is 13.4. The molecule has 1 saturated carbocycles. The Morgan fingerprint density at radius 2 is 1.94 bits per heavy atom. The maximum atomic E-state index is 13.4. The normalized spacial score (nSPS) is 15.4. The highest BCUT2D eigenvalue weighted by Gasteiger charge is 2.37. The van der Waals surface area contributed by atoms with Crippen LogP contribution in [0.1, 0.15) is 31.2 Å². The van der Waals surface area contributed by atoms with Crippen molar-refractivity contribution < 1.29 is 9.18 Å². The molecular weight excluding hydrogens is 433 g/mol. The molecule has 0 atom stereocenters. The van der Waals surface area contributed by atoms with E-state index in [9.17, 15) is 14.0 Å². The lowest BCUT2D eigenvalue weighted by Gasteiger charge is -2.31. The van der Waals surface area contributed by atoms with E-state index < -0.39 is 5.54 Å². The number of aromatic nitrogens is 2. The van der Waals surface area contributed by atoms with Crippen LogP contribution in [0.4, 0.5) is 4.39 Å². The van der Waals surface area contributed by atoms with Crippen LogP contribution in [0.5, 0.6) is 0 Å². The third-order valence-electron chi connectivity index (χ3n) is 5.89. The number of nitrogens with one attached hydrogen (secondary N) is 1. The number of benzene rings is 1. The summed E-state index contributed by atoms with van der Waals surface area (Å²) >= 11 is 3.00. The molecule has 8 heteroatoms. The van der Waals surface area contributed by atoms with Crippen molar-refractivity contribution in [3.05, 3.63) is 75.2 Å². The van der Waals surface area contributed by atoms with Crippen molar-refractivity contribution in [2.75, 3.05) is 0 Å². The highest BCUT2D eigenvalue weighted by Crippen LogP contribution is 2.39. The summed E-state index contributed by atoms with van der Waals surface area (Å²) in [6, 6.07) is 10.2. The number of amides is 1. The van der Waals surface area contributed by atoms with Crippen molar-refractivity contribution in [1.82, 2.24) is 14.9 Å². The van der Waals surface area contributed by atoms with E-state index in [4.69, 9.17) is 0 Å². The van der Waals surface area contributed by atoms with Crippen LogP contribution >= 0.6 is 22.7 Å². The third kappa shape index (κ3) is 3.70. The first-order chi connectivity index (χ1) is 15.1. The van der Waals surface area contributed by atoms with Crippen molar-refractivity contribution in [1.29, 1.82) is 0 Å². The van der Waals surface area contributed by atoms with Crippen molar-refractivity contribution >= 4 is 38.8 Å². The molecule has 1 aliphatic carbocycles. The Hall–Kier alpha value is -2.84. The molecule has 5 nitrogen and oxygen atoms in total. The Balaban J connectivity index is 1.43. The smallest absolute Gasteiger partial charge is 0.263 e. The summed E-state index contributed by atoms with van der Waals surface area (Å²) in [5.41, 5.74) is 1.03. The molecule has 31 heavy (non-hydrogen) atoms. The van der Waals surface area contributed by atoms with Gasteiger partial charge in [0.15, 0.2) is 0 Å².